The van der Waals surface area contributed by atoms with E-state index in [1.165, 1.54) is 18.2 Å². The number of aliphatic hydroxyl groups excluding tert-OH is 1. The quantitative estimate of drug-likeness (QED) is 0.650. The highest BCUT2D eigenvalue weighted by molar-refractivity contribution is 5.43. The van der Waals surface area contributed by atoms with Crippen LogP contribution in [0.4, 0.5) is 5.69 Å². The Kier molecular flexibility index (Phi) is 4.54. The van der Waals surface area contributed by atoms with Crippen molar-refractivity contribution >= 4 is 5.69 Å². The molecular formula is C14H17N3O4. The van der Waals surface area contributed by atoms with Gasteiger partial charge in [0, 0.05) is 24.2 Å². The number of aryl methyl sites for hydroxylation is 2. The van der Waals surface area contributed by atoms with Gasteiger partial charge in [0.2, 0.25) is 0 Å². The Morgan fingerprint density at radius 3 is 2.81 bits per heavy atom. The largest absolute Gasteiger partial charge is 0.487 e. The van der Waals surface area contributed by atoms with Gasteiger partial charge < -0.3 is 9.84 Å². The lowest BCUT2D eigenvalue weighted by Gasteiger charge is -2.10. The van der Waals surface area contributed by atoms with Gasteiger partial charge in [0.15, 0.2) is 0 Å². The lowest BCUT2D eigenvalue weighted by atomic mass is 10.2. The minimum Gasteiger partial charge on any atom is -0.487 e. The Morgan fingerprint density at radius 2 is 2.19 bits per heavy atom. The highest BCUT2D eigenvalue weighted by Crippen LogP contribution is 2.25. The Balaban J connectivity index is 2.17. The van der Waals surface area contributed by atoms with Crippen LogP contribution in [0.2, 0.25) is 0 Å². The van der Waals surface area contributed by atoms with Crippen LogP contribution in [-0.2, 0) is 19.8 Å². The second-order valence-corrected chi connectivity index (χ2v) is 4.59. The van der Waals surface area contributed by atoms with Gasteiger partial charge in [-0.1, -0.05) is 0 Å². The zero-order valence-electron chi connectivity index (χ0n) is 11.9. The number of hydrogen-bond acceptors (Lipinski definition) is 5. The summed E-state index contributed by atoms with van der Waals surface area (Å²) in [7, 11) is 0. The van der Waals surface area contributed by atoms with Crippen LogP contribution in [0.3, 0.4) is 0 Å². The lowest BCUT2D eigenvalue weighted by molar-refractivity contribution is -0.385. The monoisotopic (exact) mass is 291 g/mol. The van der Waals surface area contributed by atoms with Gasteiger partial charge in [0.25, 0.3) is 5.69 Å². The molecule has 0 aliphatic carbocycles. The third-order valence-electron chi connectivity index (χ3n) is 3.09. The van der Waals surface area contributed by atoms with Crippen LogP contribution in [0.5, 0.6) is 5.75 Å². The van der Waals surface area contributed by atoms with Crippen molar-refractivity contribution in [3.05, 3.63) is 51.3 Å². The van der Waals surface area contributed by atoms with Gasteiger partial charge in [0.1, 0.15) is 12.4 Å². The number of rotatable bonds is 6. The minimum atomic E-state index is -0.502. The second kappa shape index (κ2) is 6.36. The molecule has 0 radical (unpaired) electrons. The van der Waals surface area contributed by atoms with Gasteiger partial charge in [-0.25, -0.2) is 0 Å². The van der Waals surface area contributed by atoms with Gasteiger partial charge in [0.05, 0.1) is 22.9 Å². The third kappa shape index (κ3) is 3.38. The molecule has 112 valence electrons. The van der Waals surface area contributed by atoms with Crippen molar-refractivity contribution in [1.82, 2.24) is 9.78 Å². The Hall–Kier alpha value is -2.41. The second-order valence-electron chi connectivity index (χ2n) is 4.59. The topological polar surface area (TPSA) is 90.4 Å². The molecule has 0 aliphatic rings. The summed E-state index contributed by atoms with van der Waals surface area (Å²) in [6.07, 6.45) is 0. The fourth-order valence-electron chi connectivity index (χ4n) is 2.08. The number of hydrogen-bond donors (Lipinski definition) is 1. The average Bonchev–Trinajstić information content (AvgIpc) is 2.84. The Bertz CT molecular complexity index is 652. The minimum absolute atomic E-state index is 0.0687. The van der Waals surface area contributed by atoms with Crippen LogP contribution in [0.1, 0.15) is 23.9 Å². The summed E-state index contributed by atoms with van der Waals surface area (Å²) in [4.78, 5) is 10.2. The van der Waals surface area contributed by atoms with E-state index < -0.39 is 4.92 Å². The molecule has 7 heteroatoms. The molecule has 0 atom stereocenters. The number of aliphatic hydroxyl groups is 1. The molecule has 21 heavy (non-hydrogen) atoms. The SMILES string of the molecule is CCn1nc(C)cc1COc1ccc([N+](=O)[O-])cc1CO. The van der Waals surface area contributed by atoms with Crippen molar-refractivity contribution in [2.24, 2.45) is 0 Å². The molecule has 2 aromatic rings. The normalized spacial score (nSPS) is 10.6. The summed E-state index contributed by atoms with van der Waals surface area (Å²) >= 11 is 0. The predicted octanol–water partition coefficient (Wildman–Crippen LogP) is 2.19. The predicted molar refractivity (Wildman–Crippen MR) is 76.0 cm³/mol. The number of benzene rings is 1. The number of non-ortho nitro benzene ring substituents is 1. The van der Waals surface area contributed by atoms with E-state index in [2.05, 4.69) is 5.10 Å². The van der Waals surface area contributed by atoms with Crippen LogP contribution in [0, 0.1) is 17.0 Å². The van der Waals surface area contributed by atoms with Crippen LogP contribution in [0.15, 0.2) is 24.3 Å². The van der Waals surface area contributed by atoms with Gasteiger partial charge in [-0.3, -0.25) is 14.8 Å². The molecule has 1 aromatic heterocycles. The average molecular weight is 291 g/mol. The molecule has 0 saturated heterocycles. The Morgan fingerprint density at radius 1 is 1.43 bits per heavy atom. The molecule has 1 heterocycles. The molecule has 0 aliphatic heterocycles. The highest BCUT2D eigenvalue weighted by Gasteiger charge is 2.12. The molecule has 0 fully saturated rings. The van der Waals surface area contributed by atoms with Gasteiger partial charge in [-0.15, -0.1) is 0 Å². The molecule has 0 amide bonds. The molecular weight excluding hydrogens is 274 g/mol. The number of ether oxygens (including phenoxy) is 1. The van der Waals surface area contributed by atoms with Crippen molar-refractivity contribution in [2.45, 2.75) is 33.6 Å². The zero-order valence-corrected chi connectivity index (χ0v) is 11.9. The van der Waals surface area contributed by atoms with E-state index in [4.69, 9.17) is 4.74 Å². The molecule has 7 nitrogen and oxygen atoms in total. The summed E-state index contributed by atoms with van der Waals surface area (Å²) in [6, 6.07) is 6.10. The summed E-state index contributed by atoms with van der Waals surface area (Å²) in [5.74, 6) is 0.435. The fraction of sp³-hybridized carbons (Fsp3) is 0.357. The lowest BCUT2D eigenvalue weighted by Crippen LogP contribution is -2.07. The van der Waals surface area contributed by atoms with Gasteiger partial charge in [-0.05, 0) is 26.0 Å². The van der Waals surface area contributed by atoms with Crippen molar-refractivity contribution < 1.29 is 14.8 Å². The van der Waals surface area contributed by atoms with Crippen molar-refractivity contribution in [3.8, 4) is 5.75 Å². The Labute approximate surface area is 121 Å². The van der Waals surface area contributed by atoms with E-state index in [9.17, 15) is 15.2 Å². The molecule has 0 unspecified atom stereocenters. The van der Waals surface area contributed by atoms with Crippen LogP contribution < -0.4 is 4.74 Å². The molecule has 0 saturated carbocycles. The number of aromatic nitrogens is 2. The van der Waals surface area contributed by atoms with Crippen molar-refractivity contribution in [1.29, 1.82) is 0 Å². The van der Waals surface area contributed by atoms with E-state index >= 15 is 0 Å². The number of nitrogens with zero attached hydrogens (tertiary/aromatic N) is 3. The van der Waals surface area contributed by atoms with Gasteiger partial charge >= 0.3 is 0 Å². The number of nitro groups is 1. The smallest absolute Gasteiger partial charge is 0.270 e. The standard InChI is InChI=1S/C14H17N3O4/c1-3-16-13(6-10(2)15-16)9-21-14-5-4-12(17(19)20)7-11(14)8-18/h4-7,18H,3,8-9H2,1-2H3. The first-order chi connectivity index (χ1) is 10.0. The summed E-state index contributed by atoms with van der Waals surface area (Å²) in [5, 5.41) is 24.3. The first-order valence-electron chi connectivity index (χ1n) is 6.59. The third-order valence-corrected chi connectivity index (χ3v) is 3.09. The van der Waals surface area contributed by atoms with Crippen molar-refractivity contribution in [2.75, 3.05) is 0 Å². The molecule has 0 spiro atoms. The summed E-state index contributed by atoms with van der Waals surface area (Å²) < 4.78 is 7.49. The van der Waals surface area contributed by atoms with Crippen LogP contribution in [0.25, 0.3) is 0 Å². The maximum absolute atomic E-state index is 10.7. The first-order valence-corrected chi connectivity index (χ1v) is 6.59. The summed E-state index contributed by atoms with van der Waals surface area (Å²) in [5.41, 5.74) is 2.14. The van der Waals surface area contributed by atoms with E-state index in [1.54, 1.807) is 0 Å². The van der Waals surface area contributed by atoms with Gasteiger partial charge in [-0.2, -0.15) is 5.10 Å². The molecule has 0 bridgehead atoms. The highest BCUT2D eigenvalue weighted by atomic mass is 16.6. The van der Waals surface area contributed by atoms with Crippen LogP contribution in [-0.4, -0.2) is 19.8 Å². The van der Waals surface area contributed by atoms with E-state index in [0.717, 1.165) is 17.9 Å². The first kappa shape index (κ1) is 15.0. The van der Waals surface area contributed by atoms with Crippen molar-refractivity contribution in [3.63, 3.8) is 0 Å². The maximum atomic E-state index is 10.7. The molecule has 2 rings (SSSR count). The maximum Gasteiger partial charge on any atom is 0.270 e. The van der Waals surface area contributed by atoms with Crippen LogP contribution >= 0.6 is 0 Å². The van der Waals surface area contributed by atoms with E-state index in [-0.39, 0.29) is 12.3 Å². The van der Waals surface area contributed by atoms with E-state index in [0.29, 0.717) is 17.9 Å². The molecule has 1 N–H and O–H groups in total. The van der Waals surface area contributed by atoms with E-state index in [1.807, 2.05) is 24.6 Å². The zero-order chi connectivity index (χ0) is 15.4. The fourth-order valence-corrected chi connectivity index (χ4v) is 2.08. The molecule has 1 aromatic carbocycles. The summed E-state index contributed by atoms with van der Waals surface area (Å²) in [6.45, 7) is 4.60. The number of nitro benzene ring substituents is 1.